The average Bonchev–Trinajstić information content (AvgIpc) is 3.12. The number of hydrogen-bond donors (Lipinski definition) is 2. The Kier molecular flexibility index (Phi) is 6.48. The SMILES string of the molecule is CCNC(=O)[C@@H]1C[C@@H](NC2CCN(C)CC2)CN1Cc1ccc2ccccc2c1. The summed E-state index contributed by atoms with van der Waals surface area (Å²) < 4.78 is 0. The summed E-state index contributed by atoms with van der Waals surface area (Å²) in [7, 11) is 2.20. The Bertz CT molecular complexity index is 830. The molecule has 0 radical (unpaired) electrons. The third-order valence-electron chi connectivity index (χ3n) is 6.45. The van der Waals surface area contributed by atoms with E-state index in [2.05, 4.69) is 69.9 Å². The summed E-state index contributed by atoms with van der Waals surface area (Å²) in [6.45, 7) is 6.75. The number of nitrogens with zero attached hydrogens (tertiary/aromatic N) is 2. The molecule has 0 aliphatic carbocycles. The normalized spacial score (nSPS) is 24.2. The lowest BCUT2D eigenvalue weighted by Gasteiger charge is -2.31. The van der Waals surface area contributed by atoms with Gasteiger partial charge in [-0.1, -0.05) is 36.4 Å². The molecule has 5 heteroatoms. The van der Waals surface area contributed by atoms with Crippen LogP contribution in [0.2, 0.25) is 0 Å². The van der Waals surface area contributed by atoms with Gasteiger partial charge in [0.05, 0.1) is 6.04 Å². The Balaban J connectivity index is 1.45. The zero-order valence-electron chi connectivity index (χ0n) is 17.7. The molecular formula is C24H34N4O. The number of piperidine rings is 1. The van der Waals surface area contributed by atoms with Crippen LogP contribution in [0.4, 0.5) is 0 Å². The minimum atomic E-state index is -0.0508. The van der Waals surface area contributed by atoms with Gasteiger partial charge in [0.1, 0.15) is 0 Å². The number of fused-ring (bicyclic) bond motifs is 1. The lowest BCUT2D eigenvalue weighted by Crippen LogP contribution is -2.46. The van der Waals surface area contributed by atoms with Crippen LogP contribution in [-0.2, 0) is 11.3 Å². The van der Waals surface area contributed by atoms with Gasteiger partial charge in [-0.3, -0.25) is 9.69 Å². The van der Waals surface area contributed by atoms with Crippen molar-refractivity contribution < 1.29 is 4.79 Å². The highest BCUT2D eigenvalue weighted by Crippen LogP contribution is 2.24. The van der Waals surface area contributed by atoms with Gasteiger partial charge in [-0.05, 0) is 68.7 Å². The Labute approximate surface area is 174 Å². The Morgan fingerprint density at radius 1 is 1.07 bits per heavy atom. The molecule has 2 N–H and O–H groups in total. The molecule has 1 amide bonds. The van der Waals surface area contributed by atoms with E-state index in [4.69, 9.17) is 0 Å². The van der Waals surface area contributed by atoms with E-state index >= 15 is 0 Å². The summed E-state index contributed by atoms with van der Waals surface area (Å²) in [5, 5.41) is 9.44. The van der Waals surface area contributed by atoms with Crippen molar-refractivity contribution >= 4 is 16.7 Å². The number of benzene rings is 2. The molecule has 0 aromatic heterocycles. The van der Waals surface area contributed by atoms with E-state index < -0.39 is 0 Å². The van der Waals surface area contributed by atoms with E-state index in [1.54, 1.807) is 0 Å². The van der Waals surface area contributed by atoms with Crippen LogP contribution in [0, 0.1) is 0 Å². The van der Waals surface area contributed by atoms with Crippen molar-refractivity contribution in [3.63, 3.8) is 0 Å². The number of amides is 1. The standard InChI is InChI=1S/C24H34N4O/c1-3-25-24(29)23-15-22(26-21-10-12-27(2)13-11-21)17-28(23)16-18-8-9-19-6-4-5-7-20(19)14-18/h4-9,14,21-23,26H,3,10-13,15-17H2,1-2H3,(H,25,29)/t22-,23+/m1/s1. The first kappa shape index (κ1) is 20.3. The highest BCUT2D eigenvalue weighted by molar-refractivity contribution is 5.83. The number of nitrogens with one attached hydrogen (secondary N) is 2. The van der Waals surface area contributed by atoms with Crippen molar-refractivity contribution in [1.82, 2.24) is 20.4 Å². The van der Waals surface area contributed by atoms with Crippen LogP contribution in [0.15, 0.2) is 42.5 Å². The number of carbonyl (C=O) groups excluding carboxylic acids is 1. The summed E-state index contributed by atoms with van der Waals surface area (Å²) in [4.78, 5) is 17.5. The van der Waals surface area contributed by atoms with Crippen molar-refractivity contribution in [1.29, 1.82) is 0 Å². The summed E-state index contributed by atoms with van der Waals surface area (Å²) in [6.07, 6.45) is 3.29. The molecule has 2 aliphatic heterocycles. The number of hydrogen-bond acceptors (Lipinski definition) is 4. The number of rotatable bonds is 6. The molecule has 2 aromatic rings. The molecule has 0 saturated carbocycles. The summed E-state index contributed by atoms with van der Waals surface area (Å²) >= 11 is 0. The van der Waals surface area contributed by atoms with Crippen LogP contribution in [0.1, 0.15) is 31.7 Å². The van der Waals surface area contributed by atoms with Crippen LogP contribution < -0.4 is 10.6 Å². The molecule has 2 saturated heterocycles. The zero-order valence-corrected chi connectivity index (χ0v) is 17.7. The molecule has 29 heavy (non-hydrogen) atoms. The summed E-state index contributed by atoms with van der Waals surface area (Å²) in [5.74, 6) is 0.168. The maximum absolute atomic E-state index is 12.8. The van der Waals surface area contributed by atoms with E-state index in [0.29, 0.717) is 18.6 Å². The maximum Gasteiger partial charge on any atom is 0.237 e. The van der Waals surface area contributed by atoms with Gasteiger partial charge in [-0.15, -0.1) is 0 Å². The largest absolute Gasteiger partial charge is 0.355 e. The molecule has 156 valence electrons. The number of likely N-dealkylation sites (tertiary alicyclic amines) is 2. The van der Waals surface area contributed by atoms with E-state index in [1.807, 2.05) is 6.92 Å². The maximum atomic E-state index is 12.8. The first-order valence-corrected chi connectivity index (χ1v) is 11.1. The molecule has 0 bridgehead atoms. The highest BCUT2D eigenvalue weighted by atomic mass is 16.2. The van der Waals surface area contributed by atoms with Crippen molar-refractivity contribution in [2.24, 2.45) is 0 Å². The third kappa shape index (κ3) is 4.97. The van der Waals surface area contributed by atoms with Gasteiger partial charge in [0.25, 0.3) is 0 Å². The Morgan fingerprint density at radius 2 is 1.83 bits per heavy atom. The molecule has 5 nitrogen and oxygen atoms in total. The second-order valence-corrected chi connectivity index (χ2v) is 8.70. The third-order valence-corrected chi connectivity index (χ3v) is 6.45. The van der Waals surface area contributed by atoms with E-state index in [9.17, 15) is 4.79 Å². The average molecular weight is 395 g/mol. The highest BCUT2D eigenvalue weighted by Gasteiger charge is 2.37. The van der Waals surface area contributed by atoms with Crippen molar-refractivity contribution in [2.75, 3.05) is 33.2 Å². The van der Waals surface area contributed by atoms with Gasteiger partial charge < -0.3 is 15.5 Å². The fourth-order valence-electron chi connectivity index (χ4n) is 4.84. The molecule has 2 aliphatic rings. The fraction of sp³-hybridized carbons (Fsp3) is 0.542. The van der Waals surface area contributed by atoms with E-state index in [0.717, 1.165) is 32.6 Å². The quantitative estimate of drug-likeness (QED) is 0.791. The van der Waals surface area contributed by atoms with Crippen LogP contribution in [0.3, 0.4) is 0 Å². The molecule has 4 rings (SSSR count). The van der Waals surface area contributed by atoms with Crippen molar-refractivity contribution in [2.45, 2.75) is 50.9 Å². The fourth-order valence-corrected chi connectivity index (χ4v) is 4.84. The zero-order chi connectivity index (χ0) is 20.2. The van der Waals surface area contributed by atoms with Crippen molar-refractivity contribution in [3.8, 4) is 0 Å². The number of carbonyl (C=O) groups is 1. The molecular weight excluding hydrogens is 360 g/mol. The Morgan fingerprint density at radius 3 is 2.59 bits per heavy atom. The minimum Gasteiger partial charge on any atom is -0.355 e. The molecule has 0 unspecified atom stereocenters. The Hall–Kier alpha value is -1.95. The predicted octanol–water partition coefficient (Wildman–Crippen LogP) is 2.60. The summed E-state index contributed by atoms with van der Waals surface area (Å²) in [5.41, 5.74) is 1.28. The first-order chi connectivity index (χ1) is 14.1. The molecule has 2 aromatic carbocycles. The van der Waals surface area contributed by atoms with Crippen LogP contribution in [0.25, 0.3) is 10.8 Å². The first-order valence-electron chi connectivity index (χ1n) is 11.1. The smallest absolute Gasteiger partial charge is 0.237 e. The summed E-state index contributed by atoms with van der Waals surface area (Å²) in [6, 6.07) is 16.0. The van der Waals surface area contributed by atoms with Crippen LogP contribution >= 0.6 is 0 Å². The van der Waals surface area contributed by atoms with Crippen LogP contribution in [-0.4, -0.2) is 67.1 Å². The molecule has 2 heterocycles. The van der Waals surface area contributed by atoms with Gasteiger partial charge >= 0.3 is 0 Å². The minimum absolute atomic E-state index is 0.0508. The van der Waals surface area contributed by atoms with Gasteiger partial charge in [0.15, 0.2) is 0 Å². The van der Waals surface area contributed by atoms with Crippen molar-refractivity contribution in [3.05, 3.63) is 48.0 Å². The van der Waals surface area contributed by atoms with E-state index in [1.165, 1.54) is 29.2 Å². The number of likely N-dealkylation sites (N-methyl/N-ethyl adjacent to an activating group) is 1. The van der Waals surface area contributed by atoms with E-state index in [-0.39, 0.29) is 11.9 Å². The van der Waals surface area contributed by atoms with Gasteiger partial charge in [-0.2, -0.15) is 0 Å². The van der Waals surface area contributed by atoms with Gasteiger partial charge in [0, 0.05) is 31.7 Å². The lowest BCUT2D eigenvalue weighted by atomic mass is 10.0. The molecule has 2 fully saturated rings. The topological polar surface area (TPSA) is 47.6 Å². The predicted molar refractivity (Wildman–Crippen MR) is 119 cm³/mol. The second-order valence-electron chi connectivity index (χ2n) is 8.70. The lowest BCUT2D eigenvalue weighted by molar-refractivity contribution is -0.125. The molecule has 0 spiro atoms. The molecule has 2 atom stereocenters. The van der Waals surface area contributed by atoms with Gasteiger partial charge in [0.2, 0.25) is 5.91 Å². The monoisotopic (exact) mass is 394 g/mol. The van der Waals surface area contributed by atoms with Gasteiger partial charge in [-0.25, -0.2) is 0 Å². The van der Waals surface area contributed by atoms with Crippen LogP contribution in [0.5, 0.6) is 0 Å². The second kappa shape index (κ2) is 9.24.